The lowest BCUT2D eigenvalue weighted by Crippen LogP contribution is -2.45. The Morgan fingerprint density at radius 1 is 1.35 bits per heavy atom. The normalized spacial score (nSPS) is 26.8. The number of fused-ring (bicyclic) bond motifs is 1. The Labute approximate surface area is 135 Å². The van der Waals surface area contributed by atoms with E-state index in [1.54, 1.807) is 4.90 Å². The van der Waals surface area contributed by atoms with Gasteiger partial charge < -0.3 is 19.5 Å². The van der Waals surface area contributed by atoms with E-state index in [4.69, 9.17) is 9.47 Å². The van der Waals surface area contributed by atoms with Gasteiger partial charge in [0.2, 0.25) is 5.91 Å². The lowest BCUT2D eigenvalue weighted by molar-refractivity contribution is -0.157. The van der Waals surface area contributed by atoms with Crippen LogP contribution >= 0.6 is 0 Å². The summed E-state index contributed by atoms with van der Waals surface area (Å²) in [7, 11) is 0. The molecule has 0 aromatic heterocycles. The number of carbonyl (C=O) groups excluding carboxylic acids is 1. The van der Waals surface area contributed by atoms with E-state index in [9.17, 15) is 14.7 Å². The minimum Gasteiger partial charge on any atom is -0.481 e. The fraction of sp³-hybridized carbons (Fsp3) is 0.529. The highest BCUT2D eigenvalue weighted by molar-refractivity contribution is 5.82. The van der Waals surface area contributed by atoms with E-state index in [1.807, 2.05) is 30.3 Å². The number of rotatable bonds is 5. The van der Waals surface area contributed by atoms with Gasteiger partial charge in [0.1, 0.15) is 6.61 Å². The molecule has 6 heteroatoms. The van der Waals surface area contributed by atoms with Crippen molar-refractivity contribution in [3.8, 4) is 0 Å². The molecule has 2 saturated heterocycles. The van der Waals surface area contributed by atoms with Gasteiger partial charge in [0.25, 0.3) is 0 Å². The fourth-order valence-electron chi connectivity index (χ4n) is 3.41. The molecule has 1 amide bonds. The first-order valence-corrected chi connectivity index (χ1v) is 7.82. The number of likely N-dealkylation sites (tertiary alicyclic amines) is 1. The highest BCUT2D eigenvalue weighted by Crippen LogP contribution is 2.42. The van der Waals surface area contributed by atoms with Crippen LogP contribution < -0.4 is 0 Å². The third-order valence-electron chi connectivity index (χ3n) is 4.82. The Morgan fingerprint density at radius 3 is 2.83 bits per heavy atom. The van der Waals surface area contributed by atoms with Crippen LogP contribution in [0.2, 0.25) is 0 Å². The highest BCUT2D eigenvalue weighted by Gasteiger charge is 2.54. The van der Waals surface area contributed by atoms with E-state index in [0.29, 0.717) is 32.8 Å². The molecule has 0 saturated carbocycles. The zero-order chi connectivity index (χ0) is 16.3. The molecule has 1 aromatic carbocycles. The molecule has 0 radical (unpaired) electrons. The third kappa shape index (κ3) is 3.23. The summed E-state index contributed by atoms with van der Waals surface area (Å²) in [6, 6.07) is 9.63. The molecule has 0 bridgehead atoms. The molecule has 0 spiro atoms. The smallest absolute Gasteiger partial charge is 0.311 e. The Kier molecular flexibility index (Phi) is 4.63. The summed E-state index contributed by atoms with van der Waals surface area (Å²) in [6.45, 7) is 1.87. The zero-order valence-electron chi connectivity index (χ0n) is 12.9. The number of benzene rings is 1. The van der Waals surface area contributed by atoms with Gasteiger partial charge in [0.15, 0.2) is 0 Å². The number of hydrogen-bond donors (Lipinski definition) is 1. The number of carbonyl (C=O) groups is 2. The molecule has 0 aliphatic carbocycles. The minimum atomic E-state index is -0.854. The molecule has 3 rings (SSSR count). The number of ether oxygens (including phenoxy) is 2. The summed E-state index contributed by atoms with van der Waals surface area (Å²) >= 11 is 0. The van der Waals surface area contributed by atoms with Crippen molar-refractivity contribution in [1.82, 2.24) is 4.90 Å². The fourth-order valence-corrected chi connectivity index (χ4v) is 3.41. The van der Waals surface area contributed by atoms with Gasteiger partial charge in [-0.15, -0.1) is 0 Å². The molecule has 2 aliphatic heterocycles. The Bertz CT molecular complexity index is 576. The van der Waals surface area contributed by atoms with Gasteiger partial charge in [0, 0.05) is 25.6 Å². The predicted octanol–water partition coefficient (Wildman–Crippen LogP) is 1.15. The maximum absolute atomic E-state index is 12.3. The number of hydrogen-bond acceptors (Lipinski definition) is 4. The molecule has 2 fully saturated rings. The van der Waals surface area contributed by atoms with Gasteiger partial charge in [-0.25, -0.2) is 0 Å². The van der Waals surface area contributed by atoms with Gasteiger partial charge in [-0.1, -0.05) is 30.3 Å². The van der Waals surface area contributed by atoms with E-state index in [1.165, 1.54) is 0 Å². The minimum absolute atomic E-state index is 0.0296. The van der Waals surface area contributed by atoms with Crippen molar-refractivity contribution in [3.05, 3.63) is 35.9 Å². The summed E-state index contributed by atoms with van der Waals surface area (Å²) in [5, 5.41) is 9.60. The summed E-state index contributed by atoms with van der Waals surface area (Å²) in [5.74, 6) is -1.12. The first kappa shape index (κ1) is 16.0. The van der Waals surface area contributed by atoms with Gasteiger partial charge in [0.05, 0.1) is 18.6 Å². The first-order valence-electron chi connectivity index (χ1n) is 7.82. The second-order valence-corrected chi connectivity index (χ2v) is 6.24. The van der Waals surface area contributed by atoms with Crippen LogP contribution in [0.5, 0.6) is 0 Å². The van der Waals surface area contributed by atoms with Crippen LogP contribution in [0.3, 0.4) is 0 Å². The maximum atomic E-state index is 12.3. The molecule has 6 nitrogen and oxygen atoms in total. The topological polar surface area (TPSA) is 76.1 Å². The number of amides is 1. The van der Waals surface area contributed by atoms with Crippen LogP contribution in [-0.4, -0.2) is 54.8 Å². The molecule has 1 N–H and O–H groups in total. The van der Waals surface area contributed by atoms with Crippen molar-refractivity contribution < 1.29 is 24.2 Å². The molecule has 2 heterocycles. The molecule has 2 atom stereocenters. The first-order chi connectivity index (χ1) is 11.1. The zero-order valence-corrected chi connectivity index (χ0v) is 12.9. The van der Waals surface area contributed by atoms with Crippen LogP contribution in [0.25, 0.3) is 0 Å². The van der Waals surface area contributed by atoms with E-state index in [0.717, 1.165) is 5.56 Å². The molecular formula is C17H21NO5. The van der Waals surface area contributed by atoms with Crippen LogP contribution in [-0.2, 0) is 25.7 Å². The van der Waals surface area contributed by atoms with E-state index < -0.39 is 11.4 Å². The summed E-state index contributed by atoms with van der Waals surface area (Å²) < 4.78 is 10.9. The quantitative estimate of drug-likeness (QED) is 0.881. The van der Waals surface area contributed by atoms with Crippen LogP contribution in [0.1, 0.15) is 12.0 Å². The second-order valence-electron chi connectivity index (χ2n) is 6.24. The lowest BCUT2D eigenvalue weighted by atomic mass is 9.74. The Hall–Kier alpha value is -1.92. The average molecular weight is 319 g/mol. The average Bonchev–Trinajstić information content (AvgIpc) is 2.97. The van der Waals surface area contributed by atoms with Crippen molar-refractivity contribution in [2.75, 3.05) is 32.9 Å². The van der Waals surface area contributed by atoms with Gasteiger partial charge in [-0.2, -0.15) is 0 Å². The van der Waals surface area contributed by atoms with Crippen molar-refractivity contribution in [1.29, 1.82) is 0 Å². The van der Waals surface area contributed by atoms with Crippen molar-refractivity contribution >= 4 is 11.9 Å². The highest BCUT2D eigenvalue weighted by atomic mass is 16.5. The van der Waals surface area contributed by atoms with Crippen molar-refractivity contribution in [2.45, 2.75) is 13.0 Å². The summed E-state index contributed by atoms with van der Waals surface area (Å²) in [6.07, 6.45) is 0.460. The number of aliphatic carboxylic acids is 1. The standard InChI is InChI=1S/C17H21NO5/c19-15(11-23-9-13-4-2-1-3-5-13)18-8-14-10-22-7-6-17(14,12-18)16(20)21/h1-5,14H,6-12H2,(H,20,21)/t14-,17+/m0/s1. The van der Waals surface area contributed by atoms with Crippen LogP contribution in [0.4, 0.5) is 0 Å². The Balaban J connectivity index is 1.55. The lowest BCUT2D eigenvalue weighted by Gasteiger charge is -2.33. The number of nitrogens with zero attached hydrogens (tertiary/aromatic N) is 1. The van der Waals surface area contributed by atoms with Crippen molar-refractivity contribution in [2.24, 2.45) is 11.3 Å². The summed E-state index contributed by atoms with van der Waals surface area (Å²) in [5.41, 5.74) is 0.152. The maximum Gasteiger partial charge on any atom is 0.311 e. The van der Waals surface area contributed by atoms with Gasteiger partial charge in [-0.3, -0.25) is 9.59 Å². The van der Waals surface area contributed by atoms with E-state index >= 15 is 0 Å². The monoisotopic (exact) mass is 319 g/mol. The van der Waals surface area contributed by atoms with Gasteiger partial charge in [-0.05, 0) is 12.0 Å². The van der Waals surface area contributed by atoms with Crippen LogP contribution in [0, 0.1) is 11.3 Å². The molecule has 2 aliphatic rings. The van der Waals surface area contributed by atoms with E-state index in [2.05, 4.69) is 0 Å². The van der Waals surface area contributed by atoms with E-state index in [-0.39, 0.29) is 25.0 Å². The Morgan fingerprint density at radius 2 is 2.13 bits per heavy atom. The van der Waals surface area contributed by atoms with Crippen LogP contribution in [0.15, 0.2) is 30.3 Å². The molecule has 1 aromatic rings. The summed E-state index contributed by atoms with van der Waals surface area (Å²) in [4.78, 5) is 25.6. The second kappa shape index (κ2) is 6.68. The molecule has 23 heavy (non-hydrogen) atoms. The number of carboxylic acids is 1. The predicted molar refractivity (Wildman–Crippen MR) is 81.7 cm³/mol. The molecule has 124 valence electrons. The molecule has 0 unspecified atom stereocenters. The largest absolute Gasteiger partial charge is 0.481 e. The third-order valence-corrected chi connectivity index (χ3v) is 4.82. The number of carboxylic acid groups (broad SMARTS) is 1. The molecular weight excluding hydrogens is 298 g/mol. The van der Waals surface area contributed by atoms with Crippen molar-refractivity contribution in [3.63, 3.8) is 0 Å². The SMILES string of the molecule is O=C(COCc1ccccc1)N1C[C@H]2COCC[C@@]2(C(=O)O)C1. The van der Waals surface area contributed by atoms with Gasteiger partial charge >= 0.3 is 5.97 Å².